The van der Waals surface area contributed by atoms with Crippen LogP contribution in [0, 0.1) is 0 Å². The summed E-state index contributed by atoms with van der Waals surface area (Å²) in [5, 5.41) is 0. The molecule has 22 heavy (non-hydrogen) atoms. The van der Waals surface area contributed by atoms with E-state index in [2.05, 4.69) is 33.1 Å². The number of hydrogen-bond acceptors (Lipinski definition) is 5. The number of ether oxygens (including phenoxy) is 1. The first-order valence-electron chi connectivity index (χ1n) is 7.48. The van der Waals surface area contributed by atoms with Crippen LogP contribution in [0.2, 0.25) is 0 Å². The molecule has 0 bridgehead atoms. The predicted molar refractivity (Wildman–Crippen MR) is 88.7 cm³/mol. The van der Waals surface area contributed by atoms with Crippen LogP contribution in [-0.4, -0.2) is 52.4 Å². The van der Waals surface area contributed by atoms with Crippen LogP contribution in [-0.2, 0) is 16.1 Å². The van der Waals surface area contributed by atoms with Crippen molar-refractivity contribution in [1.29, 1.82) is 0 Å². The summed E-state index contributed by atoms with van der Waals surface area (Å²) in [6.07, 6.45) is 2.40. The van der Waals surface area contributed by atoms with Crippen molar-refractivity contribution >= 4 is 28.2 Å². The van der Waals surface area contributed by atoms with E-state index in [1.54, 1.807) is 6.34 Å². The van der Waals surface area contributed by atoms with Crippen LogP contribution >= 0.6 is 15.9 Å². The zero-order chi connectivity index (χ0) is 15.7. The fraction of sp³-hybridized carbons (Fsp3) is 0.500. The first-order chi connectivity index (χ1) is 10.6. The summed E-state index contributed by atoms with van der Waals surface area (Å²) in [6.45, 7) is 3.52. The third kappa shape index (κ3) is 2.54. The average Bonchev–Trinajstić information content (AvgIpc) is 3.03. The van der Waals surface area contributed by atoms with Gasteiger partial charge in [-0.3, -0.25) is 14.7 Å². The number of carbonyl (C=O) groups is 1. The van der Waals surface area contributed by atoms with E-state index in [0.717, 1.165) is 6.54 Å². The van der Waals surface area contributed by atoms with Gasteiger partial charge < -0.3 is 9.64 Å². The summed E-state index contributed by atoms with van der Waals surface area (Å²) in [7, 11) is 1.95. The molecular weight excluding hydrogens is 346 g/mol. The van der Waals surface area contributed by atoms with Crippen molar-refractivity contribution in [2.24, 2.45) is 4.99 Å². The standard InChI is InChI=1S/C16H20BrN3O2/c1-3-19(2)13-9-16(22-14(13)21)15(17)18-11-20(16)10-12-7-5-4-6-8-12/h4-8,11,13,15H,3,9-10H2,1-2H3. The molecule has 1 spiro atoms. The van der Waals surface area contributed by atoms with Crippen LogP contribution < -0.4 is 0 Å². The van der Waals surface area contributed by atoms with Gasteiger partial charge in [-0.1, -0.05) is 53.2 Å². The predicted octanol–water partition coefficient (Wildman–Crippen LogP) is 2.21. The molecule has 118 valence electrons. The average molecular weight is 366 g/mol. The molecule has 1 aromatic rings. The van der Waals surface area contributed by atoms with Gasteiger partial charge in [0.1, 0.15) is 6.04 Å². The zero-order valence-corrected chi connectivity index (χ0v) is 14.4. The van der Waals surface area contributed by atoms with Crippen molar-refractivity contribution in [3.05, 3.63) is 35.9 Å². The summed E-state index contributed by atoms with van der Waals surface area (Å²) in [4.78, 5) is 20.6. The Kier molecular flexibility index (Phi) is 4.23. The SMILES string of the molecule is CCN(C)C1CC2(OC1=O)C(Br)N=CN2Cc1ccccc1. The molecule has 0 aliphatic carbocycles. The molecule has 2 heterocycles. The molecule has 3 unspecified atom stereocenters. The number of benzene rings is 1. The van der Waals surface area contributed by atoms with Crippen LogP contribution in [0.3, 0.4) is 0 Å². The van der Waals surface area contributed by atoms with Gasteiger partial charge in [-0.2, -0.15) is 0 Å². The maximum absolute atomic E-state index is 12.3. The van der Waals surface area contributed by atoms with E-state index in [1.807, 2.05) is 42.0 Å². The van der Waals surface area contributed by atoms with E-state index in [4.69, 9.17) is 4.74 Å². The highest BCUT2D eigenvalue weighted by Gasteiger charge is 2.57. The second-order valence-electron chi connectivity index (χ2n) is 5.77. The molecule has 2 aliphatic heterocycles. The summed E-state index contributed by atoms with van der Waals surface area (Å²) < 4.78 is 5.82. The molecule has 5 nitrogen and oxygen atoms in total. The number of likely N-dealkylation sites (N-methyl/N-ethyl adjacent to an activating group) is 1. The minimum absolute atomic E-state index is 0.169. The van der Waals surface area contributed by atoms with Crippen molar-refractivity contribution in [3.8, 4) is 0 Å². The lowest BCUT2D eigenvalue weighted by Gasteiger charge is -2.35. The van der Waals surface area contributed by atoms with Gasteiger partial charge in [-0.15, -0.1) is 0 Å². The zero-order valence-electron chi connectivity index (χ0n) is 12.8. The summed E-state index contributed by atoms with van der Waals surface area (Å²) >= 11 is 3.57. The first kappa shape index (κ1) is 15.5. The molecular formula is C16H20BrN3O2. The van der Waals surface area contributed by atoms with Gasteiger partial charge in [-0.05, 0) is 19.2 Å². The molecule has 0 N–H and O–H groups in total. The van der Waals surface area contributed by atoms with Gasteiger partial charge in [-0.25, -0.2) is 0 Å². The fourth-order valence-electron chi connectivity index (χ4n) is 2.97. The van der Waals surface area contributed by atoms with Gasteiger partial charge in [0, 0.05) is 13.0 Å². The Balaban J connectivity index is 1.83. The van der Waals surface area contributed by atoms with E-state index in [0.29, 0.717) is 13.0 Å². The lowest BCUT2D eigenvalue weighted by molar-refractivity contribution is -0.159. The van der Waals surface area contributed by atoms with E-state index in [9.17, 15) is 4.79 Å². The number of halogens is 1. The van der Waals surface area contributed by atoms with Gasteiger partial charge in [0.25, 0.3) is 0 Å². The Hall–Kier alpha value is -1.40. The largest absolute Gasteiger partial charge is 0.434 e. The number of aliphatic imine (C=N–C) groups is 1. The minimum Gasteiger partial charge on any atom is -0.434 e. The highest BCUT2D eigenvalue weighted by molar-refractivity contribution is 9.09. The van der Waals surface area contributed by atoms with Crippen LogP contribution in [0.15, 0.2) is 35.3 Å². The summed E-state index contributed by atoms with van der Waals surface area (Å²) in [6, 6.07) is 9.92. The quantitative estimate of drug-likeness (QED) is 0.466. The second-order valence-corrected chi connectivity index (χ2v) is 6.64. The maximum Gasteiger partial charge on any atom is 0.325 e. The second kappa shape index (κ2) is 6.01. The fourth-order valence-corrected chi connectivity index (χ4v) is 3.62. The van der Waals surface area contributed by atoms with Crippen molar-refractivity contribution in [2.75, 3.05) is 13.6 Å². The smallest absolute Gasteiger partial charge is 0.325 e. The number of nitrogens with zero attached hydrogens (tertiary/aromatic N) is 3. The molecule has 0 amide bonds. The van der Waals surface area contributed by atoms with Gasteiger partial charge in [0.2, 0.25) is 5.72 Å². The maximum atomic E-state index is 12.3. The van der Waals surface area contributed by atoms with E-state index >= 15 is 0 Å². The number of alkyl halides is 1. The Bertz CT molecular complexity index is 580. The monoisotopic (exact) mass is 365 g/mol. The van der Waals surface area contributed by atoms with Crippen LogP contribution in [0.25, 0.3) is 0 Å². The summed E-state index contributed by atoms with van der Waals surface area (Å²) in [5.74, 6) is -0.169. The molecule has 3 atom stereocenters. The Morgan fingerprint density at radius 2 is 2.18 bits per heavy atom. The van der Waals surface area contributed by atoms with Gasteiger partial charge in [0.15, 0.2) is 4.95 Å². The highest BCUT2D eigenvalue weighted by Crippen LogP contribution is 2.42. The molecule has 0 saturated carbocycles. The summed E-state index contributed by atoms with van der Waals surface area (Å²) in [5.41, 5.74) is 0.444. The molecule has 0 radical (unpaired) electrons. The van der Waals surface area contributed by atoms with Crippen molar-refractivity contribution < 1.29 is 9.53 Å². The van der Waals surface area contributed by atoms with Gasteiger partial charge >= 0.3 is 5.97 Å². The molecule has 1 saturated heterocycles. The van der Waals surface area contributed by atoms with Gasteiger partial charge in [0.05, 0.1) is 6.34 Å². The molecule has 0 aromatic heterocycles. The lowest BCUT2D eigenvalue weighted by Crippen LogP contribution is -2.49. The van der Waals surface area contributed by atoms with Crippen molar-refractivity contribution in [3.63, 3.8) is 0 Å². The Morgan fingerprint density at radius 1 is 1.45 bits per heavy atom. The molecule has 1 aromatic carbocycles. The number of rotatable bonds is 4. The third-order valence-corrected chi connectivity index (χ3v) is 5.41. The normalized spacial score (nSPS) is 30.5. The number of hydrogen-bond donors (Lipinski definition) is 0. The number of carbonyl (C=O) groups excluding carboxylic acids is 1. The third-order valence-electron chi connectivity index (χ3n) is 4.46. The van der Waals surface area contributed by atoms with Crippen LogP contribution in [0.4, 0.5) is 0 Å². The molecule has 2 aliphatic rings. The molecule has 6 heteroatoms. The lowest BCUT2D eigenvalue weighted by atomic mass is 10.0. The molecule has 3 rings (SSSR count). The number of esters is 1. The van der Waals surface area contributed by atoms with Crippen LogP contribution in [0.5, 0.6) is 0 Å². The van der Waals surface area contributed by atoms with E-state index in [-0.39, 0.29) is 17.0 Å². The first-order valence-corrected chi connectivity index (χ1v) is 8.39. The highest BCUT2D eigenvalue weighted by atomic mass is 79.9. The van der Waals surface area contributed by atoms with Crippen molar-refractivity contribution in [2.45, 2.75) is 36.6 Å². The topological polar surface area (TPSA) is 45.1 Å². The molecule has 1 fully saturated rings. The van der Waals surface area contributed by atoms with E-state index in [1.165, 1.54) is 5.56 Å². The Labute approximate surface area is 139 Å². The van der Waals surface area contributed by atoms with E-state index < -0.39 is 5.72 Å². The minimum atomic E-state index is -0.721. The Morgan fingerprint density at radius 3 is 2.86 bits per heavy atom. The van der Waals surface area contributed by atoms with Crippen LogP contribution in [0.1, 0.15) is 18.9 Å². The van der Waals surface area contributed by atoms with Crippen molar-refractivity contribution in [1.82, 2.24) is 9.80 Å².